The average molecular weight is 256 g/mol. The van der Waals surface area contributed by atoms with Gasteiger partial charge in [0.1, 0.15) is 5.69 Å². The van der Waals surface area contributed by atoms with Crippen LogP contribution in [-0.4, -0.2) is 21.4 Å². The Kier molecular flexibility index (Phi) is 4.77. The molecule has 3 N–H and O–H groups in total. The van der Waals surface area contributed by atoms with E-state index in [1.54, 1.807) is 19.1 Å². The number of nitro groups is 1. The van der Waals surface area contributed by atoms with Crippen LogP contribution in [0.5, 0.6) is 0 Å². The number of thioether (sulfide) groups is 1. The van der Waals surface area contributed by atoms with Crippen molar-refractivity contribution < 1.29 is 10.0 Å². The van der Waals surface area contributed by atoms with Crippen molar-refractivity contribution in [2.24, 2.45) is 0 Å². The molecule has 5 nitrogen and oxygen atoms in total. The molecule has 2 atom stereocenters. The van der Waals surface area contributed by atoms with Gasteiger partial charge in [0, 0.05) is 17.1 Å². The third-order valence-corrected chi connectivity index (χ3v) is 3.95. The fourth-order valence-electron chi connectivity index (χ4n) is 1.25. The number of aliphatic hydroxyl groups is 1. The first kappa shape index (κ1) is 13.8. The van der Waals surface area contributed by atoms with Crippen molar-refractivity contribution in [1.29, 1.82) is 0 Å². The molecule has 0 saturated heterocycles. The zero-order valence-corrected chi connectivity index (χ0v) is 10.6. The summed E-state index contributed by atoms with van der Waals surface area (Å²) in [5, 5.41) is 20.1. The Labute approximate surface area is 104 Å². The number of anilines is 1. The van der Waals surface area contributed by atoms with E-state index in [1.807, 2.05) is 6.92 Å². The molecular weight excluding hydrogens is 240 g/mol. The van der Waals surface area contributed by atoms with E-state index in [4.69, 9.17) is 5.73 Å². The van der Waals surface area contributed by atoms with E-state index >= 15 is 0 Å². The summed E-state index contributed by atoms with van der Waals surface area (Å²) in [4.78, 5) is 10.2. The normalized spacial score (nSPS) is 14.3. The van der Waals surface area contributed by atoms with Gasteiger partial charge >= 0.3 is 0 Å². The summed E-state index contributed by atoms with van der Waals surface area (Å²) in [5.74, 6) is 0.555. The molecule has 0 aromatic heterocycles. The molecule has 0 amide bonds. The van der Waals surface area contributed by atoms with Gasteiger partial charge in [-0.1, -0.05) is 19.1 Å². The van der Waals surface area contributed by atoms with Crippen molar-refractivity contribution in [1.82, 2.24) is 0 Å². The van der Waals surface area contributed by atoms with E-state index in [-0.39, 0.29) is 16.6 Å². The number of hydrogen-bond acceptors (Lipinski definition) is 5. The van der Waals surface area contributed by atoms with Crippen LogP contribution in [0.2, 0.25) is 0 Å². The maximum absolute atomic E-state index is 10.7. The van der Waals surface area contributed by atoms with Gasteiger partial charge in [-0.3, -0.25) is 10.1 Å². The lowest BCUT2D eigenvalue weighted by Crippen LogP contribution is -2.15. The third-order valence-electron chi connectivity index (χ3n) is 2.55. The number of nitrogen functional groups attached to an aromatic ring is 1. The number of nitrogens with two attached hydrogens (primary N) is 1. The number of hydrogen-bond donors (Lipinski definition) is 2. The molecular formula is C11H16N2O3S. The van der Waals surface area contributed by atoms with E-state index in [0.29, 0.717) is 5.75 Å². The summed E-state index contributed by atoms with van der Waals surface area (Å²) >= 11 is 1.52. The Hall–Kier alpha value is -1.27. The van der Waals surface area contributed by atoms with Crippen LogP contribution in [0.3, 0.4) is 0 Å². The summed E-state index contributed by atoms with van der Waals surface area (Å²) in [6, 6.07) is 4.78. The van der Waals surface area contributed by atoms with E-state index in [1.165, 1.54) is 17.8 Å². The van der Waals surface area contributed by atoms with Gasteiger partial charge in [0.2, 0.25) is 0 Å². The predicted octanol–water partition coefficient (Wildman–Crippen LogP) is 2.18. The smallest absolute Gasteiger partial charge is 0.292 e. The van der Waals surface area contributed by atoms with Gasteiger partial charge in [0.05, 0.1) is 11.0 Å². The largest absolute Gasteiger partial charge is 0.393 e. The van der Waals surface area contributed by atoms with Gasteiger partial charge in [-0.05, 0) is 12.5 Å². The van der Waals surface area contributed by atoms with Gasteiger partial charge in [-0.25, -0.2) is 0 Å². The SMILES string of the molecule is CC(O)C(C)SCc1cccc([N+](=O)[O-])c1N. The molecule has 0 aliphatic rings. The fourth-order valence-corrected chi connectivity index (χ4v) is 2.22. The molecule has 6 heteroatoms. The lowest BCUT2D eigenvalue weighted by molar-refractivity contribution is -0.383. The van der Waals surface area contributed by atoms with Crippen molar-refractivity contribution in [2.45, 2.75) is 31.0 Å². The minimum absolute atomic E-state index is 0.0622. The van der Waals surface area contributed by atoms with E-state index in [0.717, 1.165) is 5.56 Å². The van der Waals surface area contributed by atoms with E-state index < -0.39 is 11.0 Å². The van der Waals surface area contributed by atoms with Crippen LogP contribution in [0.15, 0.2) is 18.2 Å². The number of nitrogens with zero attached hydrogens (tertiary/aromatic N) is 1. The second kappa shape index (κ2) is 5.88. The second-order valence-electron chi connectivity index (χ2n) is 3.86. The van der Waals surface area contributed by atoms with Gasteiger partial charge in [0.25, 0.3) is 5.69 Å². The summed E-state index contributed by atoms with van der Waals surface area (Å²) in [7, 11) is 0. The van der Waals surface area contributed by atoms with Crippen LogP contribution in [0, 0.1) is 10.1 Å². The molecule has 1 aromatic rings. The van der Waals surface area contributed by atoms with Crippen LogP contribution in [0.1, 0.15) is 19.4 Å². The zero-order valence-electron chi connectivity index (χ0n) is 9.79. The Morgan fingerprint density at radius 3 is 2.71 bits per heavy atom. The molecule has 0 heterocycles. The molecule has 0 bridgehead atoms. The highest BCUT2D eigenvalue weighted by molar-refractivity contribution is 7.99. The van der Waals surface area contributed by atoms with Crippen LogP contribution < -0.4 is 5.73 Å². The molecule has 1 aromatic carbocycles. The van der Waals surface area contributed by atoms with Crippen molar-refractivity contribution >= 4 is 23.1 Å². The van der Waals surface area contributed by atoms with Crippen molar-refractivity contribution in [3.63, 3.8) is 0 Å². The molecule has 0 aliphatic heterocycles. The second-order valence-corrected chi connectivity index (χ2v) is 5.23. The van der Waals surface area contributed by atoms with Gasteiger partial charge in [-0.15, -0.1) is 0 Å². The van der Waals surface area contributed by atoms with Crippen LogP contribution in [0.4, 0.5) is 11.4 Å². The summed E-state index contributed by atoms with van der Waals surface area (Å²) in [6.45, 7) is 3.62. The molecule has 0 saturated carbocycles. The predicted molar refractivity (Wildman–Crippen MR) is 69.9 cm³/mol. The average Bonchev–Trinajstić information content (AvgIpc) is 2.26. The summed E-state index contributed by atoms with van der Waals surface area (Å²) in [6.07, 6.45) is -0.417. The number of aliphatic hydroxyl groups excluding tert-OH is 1. The topological polar surface area (TPSA) is 89.4 Å². The number of nitro benzene ring substituents is 1. The Bertz CT molecular complexity index is 410. The number of rotatable bonds is 5. The maximum Gasteiger partial charge on any atom is 0.292 e. The standard InChI is InChI=1S/C11H16N2O3S/c1-7(14)8(2)17-6-9-4-3-5-10(11(9)12)13(15)16/h3-5,7-8,14H,6,12H2,1-2H3. The fraction of sp³-hybridized carbons (Fsp3) is 0.455. The minimum atomic E-state index is -0.485. The minimum Gasteiger partial charge on any atom is -0.393 e. The summed E-state index contributed by atoms with van der Waals surface area (Å²) < 4.78 is 0. The monoisotopic (exact) mass is 256 g/mol. The highest BCUT2D eigenvalue weighted by Gasteiger charge is 2.16. The molecule has 17 heavy (non-hydrogen) atoms. The summed E-state index contributed by atoms with van der Waals surface area (Å²) in [5.41, 5.74) is 6.61. The van der Waals surface area contributed by atoms with Crippen molar-refractivity contribution in [2.75, 3.05) is 5.73 Å². The molecule has 0 spiro atoms. The van der Waals surface area contributed by atoms with Crippen LogP contribution >= 0.6 is 11.8 Å². The number of benzene rings is 1. The van der Waals surface area contributed by atoms with E-state index in [2.05, 4.69) is 0 Å². The van der Waals surface area contributed by atoms with Gasteiger partial charge in [-0.2, -0.15) is 11.8 Å². The number of para-hydroxylation sites is 1. The Morgan fingerprint density at radius 2 is 2.18 bits per heavy atom. The van der Waals surface area contributed by atoms with Crippen LogP contribution in [-0.2, 0) is 5.75 Å². The maximum atomic E-state index is 10.7. The molecule has 0 radical (unpaired) electrons. The highest BCUT2D eigenvalue weighted by atomic mass is 32.2. The molecule has 2 unspecified atom stereocenters. The van der Waals surface area contributed by atoms with E-state index in [9.17, 15) is 15.2 Å². The molecule has 0 aliphatic carbocycles. The van der Waals surface area contributed by atoms with Crippen molar-refractivity contribution in [3.05, 3.63) is 33.9 Å². The molecule has 94 valence electrons. The molecule has 1 rings (SSSR count). The quantitative estimate of drug-likeness (QED) is 0.479. The van der Waals surface area contributed by atoms with Gasteiger partial charge in [0.15, 0.2) is 0 Å². The third kappa shape index (κ3) is 3.61. The first-order valence-electron chi connectivity index (χ1n) is 5.25. The van der Waals surface area contributed by atoms with Gasteiger partial charge < -0.3 is 10.8 Å². The first-order valence-corrected chi connectivity index (χ1v) is 6.29. The van der Waals surface area contributed by atoms with Crippen LogP contribution in [0.25, 0.3) is 0 Å². The lowest BCUT2D eigenvalue weighted by atomic mass is 10.2. The first-order chi connectivity index (χ1) is 7.93. The zero-order chi connectivity index (χ0) is 13.0. The Morgan fingerprint density at radius 1 is 1.53 bits per heavy atom. The highest BCUT2D eigenvalue weighted by Crippen LogP contribution is 2.29. The Balaban J connectivity index is 2.79. The van der Waals surface area contributed by atoms with Crippen molar-refractivity contribution in [3.8, 4) is 0 Å². The molecule has 0 fully saturated rings. The lowest BCUT2D eigenvalue weighted by Gasteiger charge is -2.14.